The Morgan fingerprint density at radius 2 is 2.05 bits per heavy atom. The highest BCUT2D eigenvalue weighted by molar-refractivity contribution is 7.89. The average Bonchev–Trinajstić information content (AvgIpc) is 3.04. The molecule has 1 heterocycles. The molecular weight excluding hydrogens is 280 g/mol. The minimum Gasteiger partial charge on any atom is -0.396 e. The SMILES string of the molecule is Cc1noc(C)c1S(=O)(=O)NC1C2CCC(C2)C1CO. The van der Waals surface area contributed by atoms with Gasteiger partial charge in [-0.05, 0) is 44.9 Å². The molecule has 20 heavy (non-hydrogen) atoms. The molecule has 6 nitrogen and oxygen atoms in total. The van der Waals surface area contributed by atoms with Crippen molar-refractivity contribution in [2.45, 2.75) is 44.0 Å². The Hall–Kier alpha value is -0.920. The van der Waals surface area contributed by atoms with E-state index >= 15 is 0 Å². The van der Waals surface area contributed by atoms with Crippen molar-refractivity contribution in [2.24, 2.45) is 17.8 Å². The van der Waals surface area contributed by atoms with Crippen LogP contribution in [0.2, 0.25) is 0 Å². The van der Waals surface area contributed by atoms with Crippen LogP contribution in [0.4, 0.5) is 0 Å². The van der Waals surface area contributed by atoms with Gasteiger partial charge in [-0.1, -0.05) is 5.16 Å². The Bertz CT molecular complexity index is 590. The van der Waals surface area contributed by atoms with E-state index in [-0.39, 0.29) is 23.5 Å². The van der Waals surface area contributed by atoms with Gasteiger partial charge >= 0.3 is 0 Å². The monoisotopic (exact) mass is 300 g/mol. The number of aliphatic hydroxyl groups is 1. The summed E-state index contributed by atoms with van der Waals surface area (Å²) in [5.74, 6) is 1.12. The van der Waals surface area contributed by atoms with Crippen LogP contribution in [0.1, 0.15) is 30.7 Å². The van der Waals surface area contributed by atoms with Crippen molar-refractivity contribution < 1.29 is 18.0 Å². The van der Waals surface area contributed by atoms with E-state index in [1.807, 2.05) is 0 Å². The number of rotatable bonds is 4. The fourth-order valence-electron chi connectivity index (χ4n) is 3.95. The maximum Gasteiger partial charge on any atom is 0.246 e. The summed E-state index contributed by atoms with van der Waals surface area (Å²) in [5, 5.41) is 13.2. The number of fused-ring (bicyclic) bond motifs is 2. The summed E-state index contributed by atoms with van der Waals surface area (Å²) < 4.78 is 32.8. The molecule has 2 fully saturated rings. The van der Waals surface area contributed by atoms with Gasteiger partial charge in [0.2, 0.25) is 10.0 Å². The van der Waals surface area contributed by atoms with E-state index in [2.05, 4.69) is 9.88 Å². The van der Waals surface area contributed by atoms with Gasteiger partial charge in [-0.25, -0.2) is 13.1 Å². The molecule has 1 aromatic heterocycles. The Kier molecular flexibility index (Phi) is 3.38. The number of nitrogens with zero attached hydrogens (tertiary/aromatic N) is 1. The lowest BCUT2D eigenvalue weighted by atomic mass is 9.86. The van der Waals surface area contributed by atoms with Gasteiger partial charge in [0.1, 0.15) is 10.6 Å². The molecule has 2 bridgehead atoms. The average molecular weight is 300 g/mol. The smallest absolute Gasteiger partial charge is 0.246 e. The largest absolute Gasteiger partial charge is 0.396 e. The van der Waals surface area contributed by atoms with Crippen LogP contribution in [0.25, 0.3) is 0 Å². The van der Waals surface area contributed by atoms with Crippen molar-refractivity contribution >= 4 is 10.0 Å². The first-order valence-corrected chi connectivity index (χ1v) is 8.48. The summed E-state index contributed by atoms with van der Waals surface area (Å²) in [6.07, 6.45) is 3.15. The predicted molar refractivity (Wildman–Crippen MR) is 71.5 cm³/mol. The van der Waals surface area contributed by atoms with E-state index in [0.29, 0.717) is 23.3 Å². The molecule has 0 amide bonds. The van der Waals surface area contributed by atoms with E-state index in [1.54, 1.807) is 13.8 Å². The van der Waals surface area contributed by atoms with E-state index in [9.17, 15) is 13.5 Å². The van der Waals surface area contributed by atoms with Crippen LogP contribution in [0.15, 0.2) is 9.42 Å². The summed E-state index contributed by atoms with van der Waals surface area (Å²) >= 11 is 0. The Labute approximate surface area is 118 Å². The minimum atomic E-state index is -3.64. The lowest BCUT2D eigenvalue weighted by Crippen LogP contribution is -2.45. The number of aliphatic hydroxyl groups excluding tert-OH is 1. The van der Waals surface area contributed by atoms with Gasteiger partial charge in [-0.15, -0.1) is 0 Å². The van der Waals surface area contributed by atoms with Crippen LogP contribution in [0, 0.1) is 31.6 Å². The van der Waals surface area contributed by atoms with Crippen molar-refractivity contribution in [1.82, 2.24) is 9.88 Å². The van der Waals surface area contributed by atoms with E-state index in [4.69, 9.17) is 4.52 Å². The molecule has 4 unspecified atom stereocenters. The quantitative estimate of drug-likeness (QED) is 0.864. The maximum absolute atomic E-state index is 12.5. The Balaban J connectivity index is 1.87. The second-order valence-corrected chi connectivity index (χ2v) is 7.63. The van der Waals surface area contributed by atoms with Crippen molar-refractivity contribution in [3.63, 3.8) is 0 Å². The lowest BCUT2D eigenvalue weighted by Gasteiger charge is -2.30. The maximum atomic E-state index is 12.5. The fraction of sp³-hybridized carbons (Fsp3) is 0.769. The molecule has 0 aliphatic heterocycles. The third-order valence-electron chi connectivity index (χ3n) is 4.83. The molecule has 7 heteroatoms. The molecule has 0 radical (unpaired) electrons. The lowest BCUT2D eigenvalue weighted by molar-refractivity contribution is 0.153. The molecule has 4 atom stereocenters. The van der Waals surface area contributed by atoms with E-state index in [0.717, 1.165) is 19.3 Å². The molecule has 2 saturated carbocycles. The highest BCUT2D eigenvalue weighted by Crippen LogP contribution is 2.48. The normalized spacial score (nSPS) is 33.0. The number of hydrogen-bond donors (Lipinski definition) is 2. The molecule has 3 rings (SSSR count). The summed E-state index contributed by atoms with van der Waals surface area (Å²) in [6, 6.07) is -0.169. The first-order valence-electron chi connectivity index (χ1n) is 7.00. The van der Waals surface area contributed by atoms with Gasteiger partial charge in [0.05, 0.1) is 0 Å². The molecular formula is C13H20N2O4S. The number of nitrogens with one attached hydrogen (secondary N) is 1. The van der Waals surface area contributed by atoms with Gasteiger partial charge in [-0.3, -0.25) is 0 Å². The summed E-state index contributed by atoms with van der Waals surface area (Å²) in [7, 11) is -3.64. The zero-order valence-corrected chi connectivity index (χ0v) is 12.5. The third-order valence-corrected chi connectivity index (χ3v) is 6.53. The van der Waals surface area contributed by atoms with Crippen LogP contribution in [-0.4, -0.2) is 31.3 Å². The standard InChI is InChI=1S/C13H20N2O4S/c1-7-13(8(2)19-14-7)20(17,18)15-12-10-4-3-9(5-10)11(12)6-16/h9-12,15-16H,3-6H2,1-2H3. The van der Waals surface area contributed by atoms with Crippen LogP contribution >= 0.6 is 0 Å². The summed E-state index contributed by atoms with van der Waals surface area (Å²) in [5.41, 5.74) is 0.374. The van der Waals surface area contributed by atoms with Crippen LogP contribution < -0.4 is 4.72 Å². The second kappa shape index (κ2) is 4.82. The number of aromatic nitrogens is 1. The molecule has 0 spiro atoms. The Morgan fingerprint density at radius 3 is 2.65 bits per heavy atom. The fourth-order valence-corrected chi connectivity index (χ4v) is 5.64. The molecule has 2 aliphatic carbocycles. The number of sulfonamides is 1. The number of hydrogen-bond acceptors (Lipinski definition) is 5. The highest BCUT2D eigenvalue weighted by Gasteiger charge is 2.48. The van der Waals surface area contributed by atoms with E-state index < -0.39 is 10.0 Å². The predicted octanol–water partition coefficient (Wildman–Crippen LogP) is 0.977. The highest BCUT2D eigenvalue weighted by atomic mass is 32.2. The molecule has 2 N–H and O–H groups in total. The molecule has 0 aromatic carbocycles. The summed E-state index contributed by atoms with van der Waals surface area (Å²) in [4.78, 5) is 0.136. The first-order chi connectivity index (χ1) is 9.44. The zero-order chi connectivity index (χ0) is 14.5. The van der Waals surface area contributed by atoms with Gasteiger partial charge < -0.3 is 9.63 Å². The van der Waals surface area contributed by atoms with Crippen LogP contribution in [-0.2, 0) is 10.0 Å². The van der Waals surface area contributed by atoms with Crippen molar-refractivity contribution in [3.8, 4) is 0 Å². The van der Waals surface area contributed by atoms with E-state index in [1.165, 1.54) is 0 Å². The Morgan fingerprint density at radius 1 is 1.35 bits per heavy atom. The van der Waals surface area contributed by atoms with Crippen LogP contribution in [0.5, 0.6) is 0 Å². The van der Waals surface area contributed by atoms with Crippen molar-refractivity contribution in [3.05, 3.63) is 11.5 Å². The second-order valence-electron chi connectivity index (χ2n) is 5.98. The molecule has 112 valence electrons. The van der Waals surface area contributed by atoms with Crippen molar-refractivity contribution in [2.75, 3.05) is 6.61 Å². The van der Waals surface area contributed by atoms with Crippen LogP contribution in [0.3, 0.4) is 0 Å². The minimum absolute atomic E-state index is 0.0315. The topological polar surface area (TPSA) is 92.4 Å². The van der Waals surface area contributed by atoms with Gasteiger partial charge in [0.25, 0.3) is 0 Å². The van der Waals surface area contributed by atoms with Gasteiger partial charge in [0, 0.05) is 18.6 Å². The van der Waals surface area contributed by atoms with Gasteiger partial charge in [0.15, 0.2) is 5.76 Å². The number of aryl methyl sites for hydroxylation is 2. The van der Waals surface area contributed by atoms with Crippen molar-refractivity contribution in [1.29, 1.82) is 0 Å². The molecule has 0 saturated heterocycles. The molecule has 1 aromatic rings. The third kappa shape index (κ3) is 2.08. The zero-order valence-electron chi connectivity index (χ0n) is 11.7. The summed E-state index contributed by atoms with van der Waals surface area (Å²) in [6.45, 7) is 3.25. The molecule has 2 aliphatic rings. The first kappa shape index (κ1) is 14.0. The van der Waals surface area contributed by atoms with Gasteiger partial charge in [-0.2, -0.15) is 0 Å².